The normalized spacial score (nSPS) is 19.1. The standard InChI is InChI=1S/C10H10BClN2O/c1-2-6-10(15)14-9-7(13-6)4-3-5(11)8(9)12/h3-4,6,13H,2H2,1H3,(H,14,15). The van der Waals surface area contributed by atoms with Gasteiger partial charge in [-0.1, -0.05) is 30.1 Å². The molecule has 1 aliphatic heterocycles. The molecular weight excluding hydrogens is 210 g/mol. The molecule has 0 saturated carbocycles. The lowest BCUT2D eigenvalue weighted by Gasteiger charge is -2.27. The number of fused-ring (bicyclic) bond motifs is 1. The summed E-state index contributed by atoms with van der Waals surface area (Å²) in [6.07, 6.45) is 0.729. The first-order valence-corrected chi connectivity index (χ1v) is 5.16. The lowest BCUT2D eigenvalue weighted by Crippen LogP contribution is -2.38. The molecule has 0 fully saturated rings. The lowest BCUT2D eigenvalue weighted by molar-refractivity contribution is -0.117. The molecule has 15 heavy (non-hydrogen) atoms. The fourth-order valence-electron chi connectivity index (χ4n) is 1.59. The van der Waals surface area contributed by atoms with Gasteiger partial charge in [0.25, 0.3) is 0 Å². The Morgan fingerprint density at radius 3 is 2.93 bits per heavy atom. The first-order chi connectivity index (χ1) is 7.13. The molecule has 0 aromatic heterocycles. The van der Waals surface area contributed by atoms with Crippen molar-refractivity contribution in [3.63, 3.8) is 0 Å². The molecule has 1 aromatic rings. The number of hydrogen-bond donors (Lipinski definition) is 2. The Bertz CT molecular complexity index is 422. The zero-order valence-corrected chi connectivity index (χ0v) is 9.06. The summed E-state index contributed by atoms with van der Waals surface area (Å²) in [6.45, 7) is 1.95. The predicted octanol–water partition coefficient (Wildman–Crippen LogP) is 1.28. The summed E-state index contributed by atoms with van der Waals surface area (Å²) in [6, 6.07) is 3.34. The smallest absolute Gasteiger partial charge is 0.246 e. The number of carbonyl (C=O) groups is 1. The van der Waals surface area contributed by atoms with Crippen molar-refractivity contribution in [3.8, 4) is 0 Å². The Hall–Kier alpha value is -1.16. The van der Waals surface area contributed by atoms with Crippen molar-refractivity contribution < 1.29 is 4.79 Å². The molecule has 0 spiro atoms. The fraction of sp³-hybridized carbons (Fsp3) is 0.300. The molecule has 0 saturated heterocycles. The molecule has 1 aromatic carbocycles. The third-order valence-electron chi connectivity index (χ3n) is 2.47. The van der Waals surface area contributed by atoms with Crippen molar-refractivity contribution in [3.05, 3.63) is 17.2 Å². The fourth-order valence-corrected chi connectivity index (χ4v) is 1.80. The van der Waals surface area contributed by atoms with E-state index in [9.17, 15) is 4.79 Å². The van der Waals surface area contributed by atoms with Crippen LogP contribution in [0.4, 0.5) is 11.4 Å². The zero-order chi connectivity index (χ0) is 11.0. The Labute approximate surface area is 94.6 Å². The highest BCUT2D eigenvalue weighted by atomic mass is 35.5. The molecule has 3 nitrogen and oxygen atoms in total. The highest BCUT2D eigenvalue weighted by Crippen LogP contribution is 2.32. The number of anilines is 2. The minimum Gasteiger partial charge on any atom is -0.372 e. The van der Waals surface area contributed by atoms with Gasteiger partial charge in [0, 0.05) is 0 Å². The van der Waals surface area contributed by atoms with E-state index in [2.05, 4.69) is 10.6 Å². The van der Waals surface area contributed by atoms with E-state index < -0.39 is 0 Å². The molecule has 2 N–H and O–H groups in total. The quantitative estimate of drug-likeness (QED) is 0.700. The van der Waals surface area contributed by atoms with Gasteiger partial charge in [0.05, 0.1) is 16.4 Å². The van der Waals surface area contributed by atoms with Gasteiger partial charge in [-0.15, -0.1) is 0 Å². The lowest BCUT2D eigenvalue weighted by atomic mass is 9.94. The number of rotatable bonds is 1. The Morgan fingerprint density at radius 2 is 2.27 bits per heavy atom. The number of amides is 1. The van der Waals surface area contributed by atoms with E-state index >= 15 is 0 Å². The van der Waals surface area contributed by atoms with E-state index in [4.69, 9.17) is 19.4 Å². The van der Waals surface area contributed by atoms with Gasteiger partial charge in [0.15, 0.2) is 0 Å². The van der Waals surface area contributed by atoms with Crippen molar-refractivity contribution in [2.75, 3.05) is 10.6 Å². The highest BCUT2D eigenvalue weighted by molar-refractivity contribution is 6.47. The van der Waals surface area contributed by atoms with Crippen LogP contribution < -0.4 is 16.1 Å². The van der Waals surface area contributed by atoms with Crippen LogP contribution in [-0.4, -0.2) is 19.8 Å². The van der Waals surface area contributed by atoms with E-state index in [1.54, 1.807) is 6.07 Å². The van der Waals surface area contributed by atoms with Crippen LogP contribution in [0.1, 0.15) is 13.3 Å². The van der Waals surface area contributed by atoms with Crippen LogP contribution in [0.5, 0.6) is 0 Å². The minimum absolute atomic E-state index is 0.0718. The third kappa shape index (κ3) is 1.70. The van der Waals surface area contributed by atoms with Crippen molar-refractivity contribution in [1.29, 1.82) is 0 Å². The van der Waals surface area contributed by atoms with Gasteiger partial charge in [0.1, 0.15) is 13.9 Å². The summed E-state index contributed by atoms with van der Waals surface area (Å²) < 4.78 is 0. The van der Waals surface area contributed by atoms with Crippen molar-refractivity contribution >= 4 is 42.2 Å². The van der Waals surface area contributed by atoms with Gasteiger partial charge in [-0.25, -0.2) is 0 Å². The number of carbonyl (C=O) groups excluding carboxylic acids is 1. The molecule has 1 aliphatic rings. The second kappa shape index (κ2) is 3.78. The molecular formula is C10H10BClN2O. The number of hydrogen-bond acceptors (Lipinski definition) is 2. The maximum Gasteiger partial charge on any atom is 0.246 e. The number of halogens is 1. The molecule has 1 atom stereocenters. The predicted molar refractivity (Wildman–Crippen MR) is 63.2 cm³/mol. The average Bonchev–Trinajstić information content (AvgIpc) is 2.24. The third-order valence-corrected chi connectivity index (χ3v) is 2.88. The molecule has 1 heterocycles. The Morgan fingerprint density at radius 1 is 1.53 bits per heavy atom. The summed E-state index contributed by atoms with van der Waals surface area (Å²) in [5, 5.41) is 6.26. The van der Waals surface area contributed by atoms with Crippen LogP contribution in [0.25, 0.3) is 0 Å². The average molecular weight is 220 g/mol. The van der Waals surface area contributed by atoms with Crippen LogP contribution in [0.15, 0.2) is 12.1 Å². The number of nitrogens with one attached hydrogen (secondary N) is 2. The second-order valence-electron chi connectivity index (χ2n) is 3.49. The zero-order valence-electron chi connectivity index (χ0n) is 8.30. The van der Waals surface area contributed by atoms with Crippen LogP contribution in [0, 0.1) is 0 Å². The van der Waals surface area contributed by atoms with Gasteiger partial charge in [-0.2, -0.15) is 0 Å². The summed E-state index contributed by atoms with van der Waals surface area (Å²) in [5.74, 6) is -0.0718. The Kier molecular flexibility index (Phi) is 2.61. The van der Waals surface area contributed by atoms with Gasteiger partial charge in [0.2, 0.25) is 5.91 Å². The summed E-state index contributed by atoms with van der Waals surface area (Å²) in [4.78, 5) is 11.6. The summed E-state index contributed by atoms with van der Waals surface area (Å²) in [5.41, 5.74) is 1.86. The van der Waals surface area contributed by atoms with Crippen molar-refractivity contribution in [2.45, 2.75) is 19.4 Å². The van der Waals surface area contributed by atoms with Crippen LogP contribution in [-0.2, 0) is 4.79 Å². The van der Waals surface area contributed by atoms with Gasteiger partial charge < -0.3 is 10.6 Å². The first-order valence-electron chi connectivity index (χ1n) is 4.79. The van der Waals surface area contributed by atoms with Crippen LogP contribution in [0.2, 0.25) is 5.02 Å². The molecule has 1 unspecified atom stereocenters. The van der Waals surface area contributed by atoms with E-state index in [-0.39, 0.29) is 11.9 Å². The van der Waals surface area contributed by atoms with E-state index in [1.165, 1.54) is 0 Å². The van der Waals surface area contributed by atoms with E-state index in [0.29, 0.717) is 16.2 Å². The SMILES string of the molecule is [B]c1ccc2c(c1Cl)NC(=O)C(CC)N2. The highest BCUT2D eigenvalue weighted by Gasteiger charge is 2.25. The molecule has 2 rings (SSSR count). The molecule has 0 aliphatic carbocycles. The van der Waals surface area contributed by atoms with Crippen molar-refractivity contribution in [1.82, 2.24) is 0 Å². The second-order valence-corrected chi connectivity index (χ2v) is 3.86. The van der Waals surface area contributed by atoms with Crippen molar-refractivity contribution in [2.24, 2.45) is 0 Å². The molecule has 5 heteroatoms. The molecule has 76 valence electrons. The Balaban J connectivity index is 2.45. The summed E-state index contributed by atoms with van der Waals surface area (Å²) >= 11 is 5.99. The first kappa shape index (κ1) is 10.4. The van der Waals surface area contributed by atoms with Gasteiger partial charge in [-0.05, 0) is 12.5 Å². The molecule has 1 amide bonds. The minimum atomic E-state index is -0.197. The maximum atomic E-state index is 11.6. The number of benzene rings is 1. The van der Waals surface area contributed by atoms with Gasteiger partial charge >= 0.3 is 0 Å². The van der Waals surface area contributed by atoms with Crippen LogP contribution in [0.3, 0.4) is 0 Å². The maximum absolute atomic E-state index is 11.6. The molecule has 2 radical (unpaired) electrons. The van der Waals surface area contributed by atoms with E-state index in [1.807, 2.05) is 13.0 Å². The largest absolute Gasteiger partial charge is 0.372 e. The topological polar surface area (TPSA) is 41.1 Å². The summed E-state index contributed by atoms with van der Waals surface area (Å²) in [7, 11) is 5.65. The van der Waals surface area contributed by atoms with E-state index in [0.717, 1.165) is 12.1 Å². The van der Waals surface area contributed by atoms with Gasteiger partial charge in [-0.3, -0.25) is 4.79 Å². The van der Waals surface area contributed by atoms with Crippen LogP contribution >= 0.6 is 11.6 Å². The monoisotopic (exact) mass is 220 g/mol. The molecule has 0 bridgehead atoms.